The highest BCUT2D eigenvalue weighted by Crippen LogP contribution is 2.40. The maximum Gasteiger partial charge on any atom is 0.337 e. The molecule has 2 N–H and O–H groups in total. The Labute approximate surface area is 110 Å². The Morgan fingerprint density at radius 2 is 1.68 bits per heavy atom. The van der Waals surface area contributed by atoms with Crippen LogP contribution in [0.5, 0.6) is 11.5 Å². The quantitative estimate of drug-likeness (QED) is 0.850. The zero-order valence-electron chi connectivity index (χ0n) is 11.2. The zero-order chi connectivity index (χ0) is 14.7. The van der Waals surface area contributed by atoms with Crippen LogP contribution >= 0.6 is 0 Å². The van der Waals surface area contributed by atoms with Gasteiger partial charge in [-0.1, -0.05) is 13.8 Å². The van der Waals surface area contributed by atoms with Gasteiger partial charge in [-0.05, 0) is 12.0 Å². The van der Waals surface area contributed by atoms with Crippen LogP contribution in [0.4, 0.5) is 0 Å². The van der Waals surface area contributed by atoms with Crippen molar-refractivity contribution in [1.29, 1.82) is 0 Å². The van der Waals surface area contributed by atoms with E-state index in [-0.39, 0.29) is 28.5 Å². The molecule has 1 aromatic rings. The monoisotopic (exact) mass is 268 g/mol. The fourth-order valence-electron chi connectivity index (χ4n) is 1.97. The van der Waals surface area contributed by atoms with Crippen molar-refractivity contribution in [2.75, 3.05) is 14.2 Å². The van der Waals surface area contributed by atoms with E-state index in [1.807, 2.05) is 0 Å². The number of hydrogen-bond acceptors (Lipinski definition) is 4. The Morgan fingerprint density at radius 1 is 1.11 bits per heavy atom. The first-order valence-electron chi connectivity index (χ1n) is 5.60. The lowest BCUT2D eigenvalue weighted by molar-refractivity contribution is 0.0649. The molecule has 0 radical (unpaired) electrons. The van der Waals surface area contributed by atoms with Crippen molar-refractivity contribution < 1.29 is 29.3 Å². The molecule has 6 heteroatoms. The average Bonchev–Trinajstić information content (AvgIpc) is 2.35. The second-order valence-electron chi connectivity index (χ2n) is 4.21. The fraction of sp³-hybridized carbons (Fsp3) is 0.385. The summed E-state index contributed by atoms with van der Waals surface area (Å²) in [5, 5.41) is 18.4. The Bertz CT molecular complexity index is 518. The lowest BCUT2D eigenvalue weighted by atomic mass is 9.91. The van der Waals surface area contributed by atoms with Crippen molar-refractivity contribution >= 4 is 11.9 Å². The van der Waals surface area contributed by atoms with Crippen molar-refractivity contribution in [2.45, 2.75) is 19.8 Å². The number of carboxylic acid groups (broad SMARTS) is 2. The van der Waals surface area contributed by atoms with E-state index >= 15 is 0 Å². The van der Waals surface area contributed by atoms with Crippen molar-refractivity contribution in [3.8, 4) is 11.5 Å². The van der Waals surface area contributed by atoms with E-state index in [2.05, 4.69) is 0 Å². The molecule has 0 atom stereocenters. The van der Waals surface area contributed by atoms with E-state index in [1.165, 1.54) is 14.2 Å². The first kappa shape index (κ1) is 14.8. The Kier molecular flexibility index (Phi) is 4.37. The molecule has 0 unspecified atom stereocenters. The molecule has 0 spiro atoms. The molecule has 1 aromatic carbocycles. The summed E-state index contributed by atoms with van der Waals surface area (Å²) in [7, 11) is 2.75. The molecule has 0 aliphatic heterocycles. The van der Waals surface area contributed by atoms with Crippen molar-refractivity contribution in [1.82, 2.24) is 0 Å². The van der Waals surface area contributed by atoms with E-state index in [0.29, 0.717) is 5.56 Å². The van der Waals surface area contributed by atoms with Gasteiger partial charge in [-0.15, -0.1) is 0 Å². The maximum atomic E-state index is 11.4. The Morgan fingerprint density at radius 3 is 2.00 bits per heavy atom. The summed E-state index contributed by atoms with van der Waals surface area (Å²) < 4.78 is 10.2. The van der Waals surface area contributed by atoms with Crippen molar-refractivity contribution in [2.24, 2.45) is 0 Å². The molecule has 6 nitrogen and oxygen atoms in total. The number of benzene rings is 1. The Hall–Kier alpha value is -2.24. The van der Waals surface area contributed by atoms with Gasteiger partial charge in [0.2, 0.25) is 0 Å². The highest BCUT2D eigenvalue weighted by atomic mass is 16.5. The maximum absolute atomic E-state index is 11.4. The molecular formula is C13H16O6. The van der Waals surface area contributed by atoms with Gasteiger partial charge in [0.1, 0.15) is 0 Å². The first-order chi connectivity index (χ1) is 8.84. The predicted molar refractivity (Wildman–Crippen MR) is 67.6 cm³/mol. The highest BCUT2D eigenvalue weighted by molar-refractivity contribution is 6.04. The third-order valence-corrected chi connectivity index (χ3v) is 2.73. The molecule has 1 rings (SSSR count). The SMILES string of the molecule is COc1cc(C(=O)O)c(C(=O)O)c(C(C)C)c1OC. The van der Waals surface area contributed by atoms with Gasteiger partial charge in [-0.2, -0.15) is 0 Å². The van der Waals surface area contributed by atoms with Crippen LogP contribution in [-0.2, 0) is 0 Å². The molecule has 0 amide bonds. The van der Waals surface area contributed by atoms with E-state index in [1.54, 1.807) is 13.8 Å². The molecule has 0 fully saturated rings. The molecule has 0 aliphatic rings. The molecule has 104 valence electrons. The fourth-order valence-corrected chi connectivity index (χ4v) is 1.97. The topological polar surface area (TPSA) is 93.1 Å². The van der Waals surface area contributed by atoms with Gasteiger partial charge in [-0.25, -0.2) is 9.59 Å². The van der Waals surface area contributed by atoms with Gasteiger partial charge in [-0.3, -0.25) is 0 Å². The number of methoxy groups -OCH3 is 2. The summed E-state index contributed by atoms with van der Waals surface area (Å²) in [6.45, 7) is 3.52. The minimum Gasteiger partial charge on any atom is -0.493 e. The third-order valence-electron chi connectivity index (χ3n) is 2.73. The van der Waals surface area contributed by atoms with E-state index in [9.17, 15) is 14.7 Å². The van der Waals surface area contributed by atoms with Crippen LogP contribution in [0.15, 0.2) is 6.07 Å². The summed E-state index contributed by atoms with van der Waals surface area (Å²) in [5.74, 6) is -2.40. The molecule has 0 saturated heterocycles. The second-order valence-corrected chi connectivity index (χ2v) is 4.21. The lowest BCUT2D eigenvalue weighted by Crippen LogP contribution is -2.14. The second kappa shape index (κ2) is 5.60. The predicted octanol–water partition coefficient (Wildman–Crippen LogP) is 2.22. The average molecular weight is 268 g/mol. The summed E-state index contributed by atoms with van der Waals surface area (Å²) in [6.07, 6.45) is 0. The number of aromatic carboxylic acids is 2. The van der Waals surface area contributed by atoms with Crippen LogP contribution in [0, 0.1) is 0 Å². The van der Waals surface area contributed by atoms with E-state index < -0.39 is 11.9 Å². The molecule has 0 bridgehead atoms. The Balaban J connectivity index is 3.84. The molecule has 19 heavy (non-hydrogen) atoms. The van der Waals surface area contributed by atoms with Gasteiger partial charge in [0.25, 0.3) is 0 Å². The normalized spacial score (nSPS) is 10.4. The van der Waals surface area contributed by atoms with E-state index in [0.717, 1.165) is 6.07 Å². The standard InChI is InChI=1S/C13H16O6/c1-6(2)9-10(13(16)17)7(12(14)15)5-8(18-3)11(9)19-4/h5-6H,1-4H3,(H,14,15)(H,16,17). The van der Waals surface area contributed by atoms with Crippen LogP contribution in [0.3, 0.4) is 0 Å². The van der Waals surface area contributed by atoms with Gasteiger partial charge in [0, 0.05) is 5.56 Å². The van der Waals surface area contributed by atoms with Gasteiger partial charge in [0.15, 0.2) is 11.5 Å². The third kappa shape index (κ3) is 2.62. The number of carbonyl (C=O) groups is 2. The molecule has 0 heterocycles. The van der Waals surface area contributed by atoms with Gasteiger partial charge < -0.3 is 19.7 Å². The smallest absolute Gasteiger partial charge is 0.337 e. The molecule has 0 saturated carbocycles. The summed E-state index contributed by atoms with van der Waals surface area (Å²) >= 11 is 0. The van der Waals surface area contributed by atoms with Crippen LogP contribution in [0.1, 0.15) is 46.0 Å². The summed E-state index contributed by atoms with van der Waals surface area (Å²) in [4.78, 5) is 22.6. The molecular weight excluding hydrogens is 252 g/mol. The van der Waals surface area contributed by atoms with Crippen LogP contribution in [-0.4, -0.2) is 36.4 Å². The summed E-state index contributed by atoms with van der Waals surface area (Å²) in [5.41, 5.74) is -0.263. The number of carboxylic acids is 2. The number of ether oxygens (including phenoxy) is 2. The van der Waals surface area contributed by atoms with Crippen molar-refractivity contribution in [3.05, 3.63) is 22.8 Å². The number of rotatable bonds is 5. The lowest BCUT2D eigenvalue weighted by Gasteiger charge is -2.19. The summed E-state index contributed by atoms with van der Waals surface area (Å²) in [6, 6.07) is 1.16. The molecule has 0 aromatic heterocycles. The largest absolute Gasteiger partial charge is 0.493 e. The zero-order valence-corrected chi connectivity index (χ0v) is 11.2. The van der Waals surface area contributed by atoms with Crippen LogP contribution < -0.4 is 9.47 Å². The first-order valence-corrected chi connectivity index (χ1v) is 5.60. The van der Waals surface area contributed by atoms with Crippen LogP contribution in [0.25, 0.3) is 0 Å². The minimum atomic E-state index is -1.32. The number of hydrogen-bond donors (Lipinski definition) is 2. The molecule has 0 aliphatic carbocycles. The van der Waals surface area contributed by atoms with Gasteiger partial charge in [0.05, 0.1) is 25.3 Å². The van der Waals surface area contributed by atoms with Gasteiger partial charge >= 0.3 is 11.9 Å². The highest BCUT2D eigenvalue weighted by Gasteiger charge is 2.28. The van der Waals surface area contributed by atoms with Crippen LogP contribution in [0.2, 0.25) is 0 Å². The van der Waals surface area contributed by atoms with Crippen molar-refractivity contribution in [3.63, 3.8) is 0 Å². The van der Waals surface area contributed by atoms with E-state index in [4.69, 9.17) is 14.6 Å². The minimum absolute atomic E-state index is 0.202.